The standard InChI is InChI=1S/C8H11N3O.CH4/c1-4-5(2)11-7(8(9)12)6(3)10-4;/h1-3H3,(H2,9,12);1H4. The molecule has 0 aromatic carbocycles. The lowest BCUT2D eigenvalue weighted by Crippen LogP contribution is -2.17. The fraction of sp³-hybridized carbons (Fsp3) is 0.444. The van der Waals surface area contributed by atoms with Gasteiger partial charge >= 0.3 is 0 Å². The van der Waals surface area contributed by atoms with Crippen LogP contribution in [-0.4, -0.2) is 15.9 Å². The smallest absolute Gasteiger partial charge is 0.269 e. The maximum absolute atomic E-state index is 10.8. The molecular weight excluding hydrogens is 166 g/mol. The molecule has 1 amide bonds. The molecule has 0 saturated carbocycles. The zero-order valence-electron chi connectivity index (χ0n) is 7.38. The van der Waals surface area contributed by atoms with E-state index in [-0.39, 0.29) is 13.1 Å². The van der Waals surface area contributed by atoms with Crippen LogP contribution in [0.15, 0.2) is 0 Å². The third kappa shape index (κ3) is 2.24. The van der Waals surface area contributed by atoms with Crippen LogP contribution in [0.3, 0.4) is 0 Å². The lowest BCUT2D eigenvalue weighted by Gasteiger charge is -2.03. The Hall–Kier alpha value is -1.45. The molecule has 4 nitrogen and oxygen atoms in total. The van der Waals surface area contributed by atoms with Gasteiger partial charge in [-0.3, -0.25) is 9.78 Å². The highest BCUT2D eigenvalue weighted by atomic mass is 16.1. The third-order valence-corrected chi connectivity index (χ3v) is 1.71. The van der Waals surface area contributed by atoms with Crippen molar-refractivity contribution in [2.75, 3.05) is 0 Å². The first kappa shape index (κ1) is 11.6. The van der Waals surface area contributed by atoms with Gasteiger partial charge in [-0.25, -0.2) is 4.98 Å². The molecule has 4 heteroatoms. The number of primary amides is 1. The SMILES string of the molecule is C.Cc1nc(C)c(C(N)=O)nc1C. The van der Waals surface area contributed by atoms with Gasteiger partial charge in [-0.05, 0) is 20.8 Å². The van der Waals surface area contributed by atoms with Crippen LogP contribution in [0.4, 0.5) is 0 Å². The minimum Gasteiger partial charge on any atom is -0.364 e. The van der Waals surface area contributed by atoms with Gasteiger partial charge < -0.3 is 5.73 Å². The first-order valence-electron chi connectivity index (χ1n) is 3.64. The Bertz CT molecular complexity index is 334. The van der Waals surface area contributed by atoms with Crippen molar-refractivity contribution in [3.05, 3.63) is 22.8 Å². The quantitative estimate of drug-likeness (QED) is 0.706. The van der Waals surface area contributed by atoms with E-state index in [1.807, 2.05) is 6.92 Å². The fourth-order valence-corrected chi connectivity index (χ4v) is 0.948. The van der Waals surface area contributed by atoms with E-state index < -0.39 is 5.91 Å². The molecule has 0 unspecified atom stereocenters. The van der Waals surface area contributed by atoms with E-state index >= 15 is 0 Å². The van der Waals surface area contributed by atoms with Crippen molar-refractivity contribution in [1.29, 1.82) is 0 Å². The predicted molar refractivity (Wildman–Crippen MR) is 51.5 cm³/mol. The molecule has 0 aliphatic carbocycles. The van der Waals surface area contributed by atoms with Gasteiger partial charge in [0.2, 0.25) is 0 Å². The number of nitrogens with zero attached hydrogens (tertiary/aromatic N) is 2. The molecule has 0 aliphatic heterocycles. The molecule has 0 aliphatic rings. The number of hydrogen-bond donors (Lipinski definition) is 1. The first-order valence-corrected chi connectivity index (χ1v) is 3.64. The van der Waals surface area contributed by atoms with Gasteiger partial charge in [0.05, 0.1) is 17.1 Å². The van der Waals surface area contributed by atoms with Gasteiger partial charge in [-0.1, -0.05) is 7.43 Å². The molecule has 0 saturated heterocycles. The van der Waals surface area contributed by atoms with Crippen LogP contribution in [0.1, 0.15) is 35.0 Å². The van der Waals surface area contributed by atoms with Crippen molar-refractivity contribution in [2.24, 2.45) is 5.73 Å². The van der Waals surface area contributed by atoms with Crippen LogP contribution in [0, 0.1) is 20.8 Å². The van der Waals surface area contributed by atoms with Crippen LogP contribution in [0.25, 0.3) is 0 Å². The maximum Gasteiger partial charge on any atom is 0.269 e. The number of nitrogens with two attached hydrogens (primary N) is 1. The van der Waals surface area contributed by atoms with E-state index in [4.69, 9.17) is 5.73 Å². The second-order valence-corrected chi connectivity index (χ2v) is 2.69. The minimum absolute atomic E-state index is 0. The van der Waals surface area contributed by atoms with Crippen LogP contribution in [0.5, 0.6) is 0 Å². The maximum atomic E-state index is 10.8. The van der Waals surface area contributed by atoms with Crippen molar-refractivity contribution in [3.63, 3.8) is 0 Å². The van der Waals surface area contributed by atoms with Crippen LogP contribution >= 0.6 is 0 Å². The molecule has 1 heterocycles. The number of aromatic nitrogens is 2. The van der Waals surface area contributed by atoms with Crippen molar-refractivity contribution in [2.45, 2.75) is 28.2 Å². The van der Waals surface area contributed by atoms with Gasteiger partial charge in [0.25, 0.3) is 5.91 Å². The summed E-state index contributed by atoms with van der Waals surface area (Å²) in [7, 11) is 0. The molecule has 2 N–H and O–H groups in total. The molecule has 0 fully saturated rings. The molecule has 72 valence electrons. The molecule has 1 rings (SSSR count). The summed E-state index contributed by atoms with van der Waals surface area (Å²) in [5, 5.41) is 0. The van der Waals surface area contributed by atoms with E-state index in [1.165, 1.54) is 0 Å². The minimum atomic E-state index is -0.525. The zero-order valence-corrected chi connectivity index (χ0v) is 7.38. The highest BCUT2D eigenvalue weighted by Gasteiger charge is 2.09. The van der Waals surface area contributed by atoms with Gasteiger partial charge in [0.15, 0.2) is 0 Å². The molecule has 0 radical (unpaired) electrons. The Morgan fingerprint density at radius 2 is 1.54 bits per heavy atom. The lowest BCUT2D eigenvalue weighted by atomic mass is 10.2. The summed E-state index contributed by atoms with van der Waals surface area (Å²) < 4.78 is 0. The van der Waals surface area contributed by atoms with E-state index in [9.17, 15) is 4.79 Å². The number of carbonyl (C=O) groups excluding carboxylic acids is 1. The molecule has 13 heavy (non-hydrogen) atoms. The van der Waals surface area contributed by atoms with E-state index in [0.717, 1.165) is 11.4 Å². The van der Waals surface area contributed by atoms with E-state index in [0.29, 0.717) is 5.69 Å². The number of rotatable bonds is 1. The first-order chi connectivity index (χ1) is 5.52. The van der Waals surface area contributed by atoms with Crippen molar-refractivity contribution >= 4 is 5.91 Å². The molecule has 1 aromatic rings. The van der Waals surface area contributed by atoms with Gasteiger partial charge in [0, 0.05) is 0 Å². The van der Waals surface area contributed by atoms with Crippen LogP contribution in [-0.2, 0) is 0 Å². The molecule has 0 atom stereocenters. The highest BCUT2D eigenvalue weighted by Crippen LogP contribution is 2.05. The van der Waals surface area contributed by atoms with Gasteiger partial charge in [0.1, 0.15) is 5.69 Å². The van der Waals surface area contributed by atoms with Gasteiger partial charge in [-0.2, -0.15) is 0 Å². The Morgan fingerprint density at radius 3 is 2.00 bits per heavy atom. The average Bonchev–Trinajstić information content (AvgIpc) is 1.96. The number of carbonyl (C=O) groups is 1. The van der Waals surface area contributed by atoms with Crippen molar-refractivity contribution in [3.8, 4) is 0 Å². The second-order valence-electron chi connectivity index (χ2n) is 2.69. The van der Waals surface area contributed by atoms with Crippen molar-refractivity contribution < 1.29 is 4.79 Å². The average molecular weight is 181 g/mol. The summed E-state index contributed by atoms with van der Waals surface area (Å²) in [6.45, 7) is 5.37. The summed E-state index contributed by atoms with van der Waals surface area (Å²) in [5.41, 5.74) is 7.52. The number of aryl methyl sites for hydroxylation is 3. The largest absolute Gasteiger partial charge is 0.364 e. The lowest BCUT2D eigenvalue weighted by molar-refractivity contribution is 0.0994. The summed E-state index contributed by atoms with van der Waals surface area (Å²) in [4.78, 5) is 19.0. The highest BCUT2D eigenvalue weighted by molar-refractivity contribution is 5.91. The zero-order chi connectivity index (χ0) is 9.30. The molecule has 1 aromatic heterocycles. The molecular formula is C9H15N3O. The van der Waals surface area contributed by atoms with E-state index in [1.54, 1.807) is 13.8 Å². The third-order valence-electron chi connectivity index (χ3n) is 1.71. The normalized spacial score (nSPS) is 9.15. The van der Waals surface area contributed by atoms with Gasteiger partial charge in [-0.15, -0.1) is 0 Å². The Balaban J connectivity index is 0.00000144. The predicted octanol–water partition coefficient (Wildman–Crippen LogP) is 1.14. The summed E-state index contributed by atoms with van der Waals surface area (Å²) in [6.07, 6.45) is 0. The molecule has 0 bridgehead atoms. The van der Waals surface area contributed by atoms with E-state index in [2.05, 4.69) is 9.97 Å². The Kier molecular flexibility index (Phi) is 3.54. The van der Waals surface area contributed by atoms with Crippen molar-refractivity contribution in [1.82, 2.24) is 9.97 Å². The fourth-order valence-electron chi connectivity index (χ4n) is 0.948. The Morgan fingerprint density at radius 1 is 1.08 bits per heavy atom. The monoisotopic (exact) mass is 181 g/mol. The number of hydrogen-bond acceptors (Lipinski definition) is 3. The van der Waals surface area contributed by atoms with Crippen LogP contribution < -0.4 is 5.73 Å². The Labute approximate surface area is 78.2 Å². The van der Waals surface area contributed by atoms with Crippen LogP contribution in [0.2, 0.25) is 0 Å². The summed E-state index contributed by atoms with van der Waals surface area (Å²) in [6, 6.07) is 0. The second kappa shape index (κ2) is 3.98. The molecule has 0 spiro atoms. The topological polar surface area (TPSA) is 68.9 Å². The summed E-state index contributed by atoms with van der Waals surface area (Å²) in [5.74, 6) is -0.525. The summed E-state index contributed by atoms with van der Waals surface area (Å²) >= 11 is 0. The number of amides is 1.